The lowest BCUT2D eigenvalue weighted by molar-refractivity contribution is -0.0872. The van der Waals surface area contributed by atoms with Gasteiger partial charge in [0.05, 0.1) is 11.6 Å². The molecule has 138 valence electrons. The monoisotopic (exact) mass is 346 g/mol. The van der Waals surface area contributed by atoms with Crippen LogP contribution in [-0.4, -0.2) is 49.4 Å². The van der Waals surface area contributed by atoms with Gasteiger partial charge in [0.2, 0.25) is 0 Å². The lowest BCUT2D eigenvalue weighted by atomic mass is 9.86. The summed E-state index contributed by atoms with van der Waals surface area (Å²) in [5.41, 5.74) is 2.24. The van der Waals surface area contributed by atoms with E-state index in [1.165, 1.54) is 5.56 Å². The largest absolute Gasteiger partial charge is 0.381 e. The summed E-state index contributed by atoms with van der Waals surface area (Å²) in [5.74, 6) is 0.521. The van der Waals surface area contributed by atoms with Gasteiger partial charge in [-0.3, -0.25) is 0 Å². The maximum Gasteiger partial charge on any atom is 0.317 e. The summed E-state index contributed by atoms with van der Waals surface area (Å²) in [6.07, 6.45) is 2.60. The Morgan fingerprint density at radius 3 is 2.56 bits per heavy atom. The number of hydrogen-bond donors (Lipinski definition) is 1. The van der Waals surface area contributed by atoms with Crippen molar-refractivity contribution in [2.24, 2.45) is 0 Å². The number of amides is 2. The van der Waals surface area contributed by atoms with Gasteiger partial charge >= 0.3 is 6.03 Å². The van der Waals surface area contributed by atoms with Gasteiger partial charge in [-0.05, 0) is 23.5 Å². The molecule has 2 saturated heterocycles. The van der Waals surface area contributed by atoms with Crippen LogP contribution in [0.2, 0.25) is 0 Å². The standard InChI is InChI=1S/C20H30N2O3/c1-15(2)17-6-4-16(5-7-17)14-22(3)19(23)21-18-8-11-25-20(18)9-12-24-13-10-20/h4-7,15,18H,8-14H2,1-3H3,(H,21,23). The first-order chi connectivity index (χ1) is 12.0. The summed E-state index contributed by atoms with van der Waals surface area (Å²) in [6.45, 7) is 7.11. The molecule has 1 spiro atoms. The van der Waals surface area contributed by atoms with Crippen LogP contribution in [0.4, 0.5) is 4.79 Å². The normalized spacial score (nSPS) is 22.3. The number of urea groups is 1. The Labute approximate surface area is 150 Å². The van der Waals surface area contributed by atoms with Crippen LogP contribution >= 0.6 is 0 Å². The Kier molecular flexibility index (Phi) is 5.64. The van der Waals surface area contributed by atoms with Crippen LogP contribution in [0.5, 0.6) is 0 Å². The number of nitrogens with one attached hydrogen (secondary N) is 1. The number of carbonyl (C=O) groups is 1. The van der Waals surface area contributed by atoms with E-state index in [4.69, 9.17) is 9.47 Å². The molecule has 0 aromatic heterocycles. The molecule has 1 aromatic rings. The van der Waals surface area contributed by atoms with E-state index in [-0.39, 0.29) is 17.7 Å². The van der Waals surface area contributed by atoms with Gasteiger partial charge in [-0.2, -0.15) is 0 Å². The van der Waals surface area contributed by atoms with Crippen molar-refractivity contribution in [1.82, 2.24) is 10.2 Å². The first-order valence-electron chi connectivity index (χ1n) is 9.32. The maximum atomic E-state index is 12.6. The van der Waals surface area contributed by atoms with Gasteiger partial charge in [-0.1, -0.05) is 38.1 Å². The number of nitrogens with zero attached hydrogens (tertiary/aromatic N) is 1. The van der Waals surface area contributed by atoms with Crippen LogP contribution in [0, 0.1) is 0 Å². The Balaban J connectivity index is 1.57. The number of carbonyl (C=O) groups excluding carboxylic acids is 1. The molecule has 2 amide bonds. The van der Waals surface area contributed by atoms with Gasteiger partial charge in [-0.15, -0.1) is 0 Å². The third-order valence-corrected chi connectivity index (χ3v) is 5.48. The van der Waals surface area contributed by atoms with Crippen molar-refractivity contribution in [1.29, 1.82) is 0 Å². The highest BCUT2D eigenvalue weighted by atomic mass is 16.5. The van der Waals surface area contributed by atoms with Crippen LogP contribution in [-0.2, 0) is 16.0 Å². The highest BCUT2D eigenvalue weighted by molar-refractivity contribution is 5.74. The van der Waals surface area contributed by atoms with Gasteiger partial charge in [0.1, 0.15) is 0 Å². The van der Waals surface area contributed by atoms with Crippen molar-refractivity contribution in [3.05, 3.63) is 35.4 Å². The number of rotatable bonds is 4. The van der Waals surface area contributed by atoms with Crippen molar-refractivity contribution in [3.8, 4) is 0 Å². The second-order valence-electron chi connectivity index (χ2n) is 7.57. The van der Waals surface area contributed by atoms with E-state index in [9.17, 15) is 4.79 Å². The SMILES string of the molecule is CC(C)c1ccc(CN(C)C(=O)NC2CCOC23CCOCC3)cc1. The second-order valence-corrected chi connectivity index (χ2v) is 7.57. The average molecular weight is 346 g/mol. The van der Waals surface area contributed by atoms with Gasteiger partial charge in [0.15, 0.2) is 0 Å². The topological polar surface area (TPSA) is 50.8 Å². The molecule has 2 aliphatic rings. The second kappa shape index (κ2) is 7.75. The van der Waals surface area contributed by atoms with Gasteiger partial charge in [0.25, 0.3) is 0 Å². The summed E-state index contributed by atoms with van der Waals surface area (Å²) < 4.78 is 11.5. The van der Waals surface area contributed by atoms with Gasteiger partial charge < -0.3 is 19.7 Å². The predicted octanol–water partition coefficient (Wildman–Crippen LogP) is 3.29. The fourth-order valence-corrected chi connectivity index (χ4v) is 3.77. The molecule has 2 aliphatic heterocycles. The molecule has 0 radical (unpaired) electrons. The first kappa shape index (κ1) is 18.2. The predicted molar refractivity (Wildman–Crippen MR) is 97.7 cm³/mol. The fraction of sp³-hybridized carbons (Fsp3) is 0.650. The quantitative estimate of drug-likeness (QED) is 0.910. The van der Waals surface area contributed by atoms with E-state index in [0.29, 0.717) is 32.3 Å². The zero-order valence-electron chi connectivity index (χ0n) is 15.6. The third-order valence-electron chi connectivity index (χ3n) is 5.48. The Hall–Kier alpha value is -1.59. The molecule has 2 fully saturated rings. The molecule has 1 N–H and O–H groups in total. The van der Waals surface area contributed by atoms with Gasteiger partial charge in [0, 0.05) is 46.3 Å². The van der Waals surface area contributed by atoms with Crippen LogP contribution in [0.3, 0.4) is 0 Å². The molecule has 5 nitrogen and oxygen atoms in total. The Morgan fingerprint density at radius 1 is 1.24 bits per heavy atom. The minimum atomic E-state index is -0.229. The zero-order chi connectivity index (χ0) is 17.9. The van der Waals surface area contributed by atoms with Crippen LogP contribution in [0.1, 0.15) is 50.2 Å². The van der Waals surface area contributed by atoms with Crippen LogP contribution < -0.4 is 5.32 Å². The number of benzene rings is 1. The zero-order valence-corrected chi connectivity index (χ0v) is 15.6. The van der Waals surface area contributed by atoms with E-state index < -0.39 is 0 Å². The van der Waals surface area contributed by atoms with Crippen molar-refractivity contribution in [3.63, 3.8) is 0 Å². The minimum Gasteiger partial charge on any atom is -0.381 e. The van der Waals surface area contributed by atoms with Crippen LogP contribution in [0.25, 0.3) is 0 Å². The molecular formula is C20H30N2O3. The molecule has 25 heavy (non-hydrogen) atoms. The average Bonchev–Trinajstić information content (AvgIpc) is 2.97. The molecular weight excluding hydrogens is 316 g/mol. The van der Waals surface area contributed by atoms with Crippen molar-refractivity contribution >= 4 is 6.03 Å². The maximum absolute atomic E-state index is 12.6. The van der Waals surface area contributed by atoms with Gasteiger partial charge in [-0.25, -0.2) is 4.79 Å². The van der Waals surface area contributed by atoms with E-state index in [0.717, 1.165) is 24.8 Å². The van der Waals surface area contributed by atoms with E-state index in [2.05, 4.69) is 43.4 Å². The molecule has 1 aromatic carbocycles. The molecule has 1 unspecified atom stereocenters. The lowest BCUT2D eigenvalue weighted by Gasteiger charge is -2.38. The molecule has 2 heterocycles. The molecule has 5 heteroatoms. The summed E-state index contributed by atoms with van der Waals surface area (Å²) in [4.78, 5) is 14.4. The van der Waals surface area contributed by atoms with Crippen molar-refractivity contribution in [2.75, 3.05) is 26.9 Å². The molecule has 0 bridgehead atoms. The van der Waals surface area contributed by atoms with E-state index >= 15 is 0 Å². The summed E-state index contributed by atoms with van der Waals surface area (Å²) in [7, 11) is 1.85. The highest BCUT2D eigenvalue weighted by Crippen LogP contribution is 2.35. The van der Waals surface area contributed by atoms with E-state index in [1.54, 1.807) is 4.90 Å². The lowest BCUT2D eigenvalue weighted by Crippen LogP contribution is -2.54. The highest BCUT2D eigenvalue weighted by Gasteiger charge is 2.46. The molecule has 1 atom stereocenters. The smallest absolute Gasteiger partial charge is 0.317 e. The summed E-state index contributed by atoms with van der Waals surface area (Å²) >= 11 is 0. The molecule has 3 rings (SSSR count). The minimum absolute atomic E-state index is 0.0331. The van der Waals surface area contributed by atoms with Crippen LogP contribution in [0.15, 0.2) is 24.3 Å². The first-order valence-corrected chi connectivity index (χ1v) is 9.32. The molecule has 0 saturated carbocycles. The number of ether oxygens (including phenoxy) is 2. The third kappa shape index (κ3) is 4.15. The summed E-state index contributed by atoms with van der Waals surface area (Å²) in [6, 6.07) is 8.56. The Morgan fingerprint density at radius 2 is 1.92 bits per heavy atom. The fourth-order valence-electron chi connectivity index (χ4n) is 3.77. The van der Waals surface area contributed by atoms with Crippen molar-refractivity contribution in [2.45, 2.75) is 57.2 Å². The van der Waals surface area contributed by atoms with Crippen molar-refractivity contribution < 1.29 is 14.3 Å². The number of hydrogen-bond acceptors (Lipinski definition) is 3. The van der Waals surface area contributed by atoms with E-state index in [1.807, 2.05) is 7.05 Å². The Bertz CT molecular complexity index is 579. The molecule has 0 aliphatic carbocycles. The summed E-state index contributed by atoms with van der Waals surface area (Å²) in [5, 5.41) is 3.20.